The van der Waals surface area contributed by atoms with Crippen LogP contribution in [-0.4, -0.2) is 25.2 Å². The third kappa shape index (κ3) is 3.07. The first kappa shape index (κ1) is 15.1. The van der Waals surface area contributed by atoms with Crippen molar-refractivity contribution in [1.29, 1.82) is 0 Å². The van der Waals surface area contributed by atoms with Crippen molar-refractivity contribution in [1.82, 2.24) is 4.98 Å². The van der Waals surface area contributed by atoms with E-state index < -0.39 is 5.97 Å². The van der Waals surface area contributed by atoms with Crippen molar-refractivity contribution in [3.8, 4) is 17.2 Å². The van der Waals surface area contributed by atoms with Crippen LogP contribution in [0, 0.1) is 6.92 Å². The minimum atomic E-state index is -0.503. The van der Waals surface area contributed by atoms with Gasteiger partial charge in [-0.25, -0.2) is 9.78 Å². The number of aryl methyl sites for hydroxylation is 2. The second-order valence-corrected chi connectivity index (χ2v) is 4.72. The smallest absolute Gasteiger partial charge is 0.376 e. The van der Waals surface area contributed by atoms with Gasteiger partial charge >= 0.3 is 5.97 Å². The number of oxazole rings is 1. The van der Waals surface area contributed by atoms with Crippen LogP contribution in [0.1, 0.15) is 35.2 Å². The lowest BCUT2D eigenvalue weighted by atomic mass is 10.1. The molecule has 0 saturated carbocycles. The topological polar surface area (TPSA) is 61.6 Å². The molecule has 2 aromatic rings. The van der Waals surface area contributed by atoms with Gasteiger partial charge in [-0.2, -0.15) is 0 Å². The Bertz CT molecular complexity index is 646. The lowest BCUT2D eigenvalue weighted by molar-refractivity contribution is 0.0564. The molecule has 0 aliphatic rings. The molecule has 0 fully saturated rings. The van der Waals surface area contributed by atoms with Crippen molar-refractivity contribution in [2.75, 3.05) is 14.2 Å². The Morgan fingerprint density at radius 1 is 1.33 bits per heavy atom. The fourth-order valence-electron chi connectivity index (χ4n) is 2.09. The standard InChI is InChI=1S/C16H19NO4/c1-5-6-12-14(16(18)20-4)21-15(17-12)11-8-7-10(2)13(9-11)19-3/h7-9H,5-6H2,1-4H3. The number of aromatic nitrogens is 1. The molecule has 0 radical (unpaired) electrons. The minimum absolute atomic E-state index is 0.175. The molecule has 5 heteroatoms. The summed E-state index contributed by atoms with van der Waals surface area (Å²) in [6, 6.07) is 5.66. The molecule has 0 unspecified atom stereocenters. The first-order valence-electron chi connectivity index (χ1n) is 6.83. The number of methoxy groups -OCH3 is 2. The van der Waals surface area contributed by atoms with E-state index in [2.05, 4.69) is 4.98 Å². The van der Waals surface area contributed by atoms with Gasteiger partial charge in [0.05, 0.1) is 19.9 Å². The highest BCUT2D eigenvalue weighted by Crippen LogP contribution is 2.28. The lowest BCUT2D eigenvalue weighted by Crippen LogP contribution is -2.03. The Morgan fingerprint density at radius 3 is 2.71 bits per heavy atom. The first-order chi connectivity index (χ1) is 10.1. The molecular weight excluding hydrogens is 270 g/mol. The number of ether oxygens (including phenoxy) is 2. The van der Waals surface area contributed by atoms with Crippen molar-refractivity contribution in [3.63, 3.8) is 0 Å². The van der Waals surface area contributed by atoms with Gasteiger partial charge in [0, 0.05) is 5.56 Å². The maximum absolute atomic E-state index is 11.8. The zero-order valence-corrected chi connectivity index (χ0v) is 12.7. The van der Waals surface area contributed by atoms with Gasteiger partial charge < -0.3 is 13.9 Å². The van der Waals surface area contributed by atoms with Crippen molar-refractivity contribution in [2.24, 2.45) is 0 Å². The van der Waals surface area contributed by atoms with Gasteiger partial charge in [-0.05, 0) is 31.0 Å². The zero-order chi connectivity index (χ0) is 15.4. The molecule has 0 saturated heterocycles. The second kappa shape index (κ2) is 6.43. The largest absolute Gasteiger partial charge is 0.496 e. The number of rotatable bonds is 5. The Morgan fingerprint density at radius 2 is 2.10 bits per heavy atom. The quantitative estimate of drug-likeness (QED) is 0.789. The summed E-state index contributed by atoms with van der Waals surface area (Å²) in [4.78, 5) is 16.2. The van der Waals surface area contributed by atoms with Crippen LogP contribution >= 0.6 is 0 Å². The van der Waals surface area contributed by atoms with E-state index in [1.807, 2.05) is 32.0 Å². The van der Waals surface area contributed by atoms with Crippen LogP contribution < -0.4 is 4.74 Å². The van der Waals surface area contributed by atoms with Crippen LogP contribution in [0.2, 0.25) is 0 Å². The van der Waals surface area contributed by atoms with Gasteiger partial charge in [0.25, 0.3) is 0 Å². The summed E-state index contributed by atoms with van der Waals surface area (Å²) < 4.78 is 15.6. The third-order valence-electron chi connectivity index (χ3n) is 3.21. The molecule has 0 amide bonds. The molecule has 21 heavy (non-hydrogen) atoms. The highest BCUT2D eigenvalue weighted by Gasteiger charge is 2.21. The molecule has 0 aliphatic heterocycles. The third-order valence-corrected chi connectivity index (χ3v) is 3.21. The number of carbonyl (C=O) groups is 1. The van der Waals surface area contributed by atoms with Gasteiger partial charge in [-0.1, -0.05) is 19.4 Å². The van der Waals surface area contributed by atoms with Gasteiger partial charge in [0.1, 0.15) is 5.75 Å². The summed E-state index contributed by atoms with van der Waals surface area (Å²) in [5.74, 6) is 0.824. The summed E-state index contributed by atoms with van der Waals surface area (Å²) in [6.45, 7) is 3.98. The lowest BCUT2D eigenvalue weighted by Gasteiger charge is -2.05. The Kier molecular flexibility index (Phi) is 4.62. The fraction of sp³-hybridized carbons (Fsp3) is 0.375. The van der Waals surface area contributed by atoms with Crippen molar-refractivity contribution < 1.29 is 18.7 Å². The van der Waals surface area contributed by atoms with Crippen LogP contribution in [0.25, 0.3) is 11.5 Å². The van der Waals surface area contributed by atoms with Gasteiger partial charge in [0.2, 0.25) is 11.7 Å². The second-order valence-electron chi connectivity index (χ2n) is 4.72. The molecule has 0 N–H and O–H groups in total. The number of hydrogen-bond donors (Lipinski definition) is 0. The van der Waals surface area contributed by atoms with E-state index in [1.54, 1.807) is 7.11 Å². The summed E-state index contributed by atoms with van der Waals surface area (Å²) in [5.41, 5.74) is 2.42. The van der Waals surface area contributed by atoms with E-state index in [-0.39, 0.29) is 5.76 Å². The number of hydrogen-bond acceptors (Lipinski definition) is 5. The van der Waals surface area contributed by atoms with Crippen molar-refractivity contribution in [3.05, 3.63) is 35.2 Å². The van der Waals surface area contributed by atoms with E-state index in [4.69, 9.17) is 13.9 Å². The van der Waals surface area contributed by atoms with E-state index in [1.165, 1.54) is 7.11 Å². The SMILES string of the molecule is CCCc1nc(-c2ccc(C)c(OC)c2)oc1C(=O)OC. The van der Waals surface area contributed by atoms with Crippen LogP contribution in [0.15, 0.2) is 22.6 Å². The molecule has 0 spiro atoms. The molecule has 0 atom stereocenters. The number of esters is 1. The predicted octanol–water partition coefficient (Wildman–Crippen LogP) is 3.40. The fourth-order valence-corrected chi connectivity index (χ4v) is 2.09. The summed E-state index contributed by atoms with van der Waals surface area (Å²) in [5, 5.41) is 0. The maximum Gasteiger partial charge on any atom is 0.376 e. The molecule has 1 heterocycles. The molecular formula is C16H19NO4. The normalized spacial score (nSPS) is 10.5. The van der Waals surface area contributed by atoms with Crippen molar-refractivity contribution >= 4 is 5.97 Å². The van der Waals surface area contributed by atoms with E-state index >= 15 is 0 Å². The molecule has 112 valence electrons. The Labute approximate surface area is 123 Å². The average molecular weight is 289 g/mol. The van der Waals surface area contributed by atoms with Gasteiger partial charge in [-0.15, -0.1) is 0 Å². The number of carbonyl (C=O) groups excluding carboxylic acids is 1. The van der Waals surface area contributed by atoms with Crippen LogP contribution in [0.3, 0.4) is 0 Å². The molecule has 2 rings (SSSR count). The van der Waals surface area contributed by atoms with Gasteiger partial charge in [-0.3, -0.25) is 0 Å². The van der Waals surface area contributed by atoms with E-state index in [0.29, 0.717) is 18.0 Å². The highest BCUT2D eigenvalue weighted by molar-refractivity contribution is 5.88. The minimum Gasteiger partial charge on any atom is -0.496 e. The van der Waals surface area contributed by atoms with Crippen molar-refractivity contribution in [2.45, 2.75) is 26.7 Å². The highest BCUT2D eigenvalue weighted by atomic mass is 16.5. The van der Waals surface area contributed by atoms with E-state index in [0.717, 1.165) is 23.3 Å². The Hall–Kier alpha value is -2.30. The maximum atomic E-state index is 11.8. The summed E-state index contributed by atoms with van der Waals surface area (Å²) >= 11 is 0. The average Bonchev–Trinajstić information content (AvgIpc) is 2.91. The van der Waals surface area contributed by atoms with E-state index in [9.17, 15) is 4.79 Å². The van der Waals surface area contributed by atoms with Crippen LogP contribution in [0.5, 0.6) is 5.75 Å². The predicted molar refractivity (Wildman–Crippen MR) is 78.6 cm³/mol. The van der Waals surface area contributed by atoms with Gasteiger partial charge in [0.15, 0.2) is 0 Å². The number of benzene rings is 1. The molecule has 5 nitrogen and oxygen atoms in total. The molecule has 1 aromatic heterocycles. The summed E-state index contributed by atoms with van der Waals surface area (Å²) in [7, 11) is 2.94. The first-order valence-corrected chi connectivity index (χ1v) is 6.83. The van der Waals surface area contributed by atoms with Crippen LogP contribution in [-0.2, 0) is 11.2 Å². The monoisotopic (exact) mass is 289 g/mol. The number of nitrogens with zero attached hydrogens (tertiary/aromatic N) is 1. The molecule has 1 aromatic carbocycles. The molecule has 0 bridgehead atoms. The van der Waals surface area contributed by atoms with Crippen LogP contribution in [0.4, 0.5) is 0 Å². The molecule has 0 aliphatic carbocycles. The summed E-state index contributed by atoms with van der Waals surface area (Å²) in [6.07, 6.45) is 1.53. The zero-order valence-electron chi connectivity index (χ0n) is 12.7. The Balaban J connectivity index is 2.46.